The van der Waals surface area contributed by atoms with Crippen molar-refractivity contribution in [2.45, 2.75) is 70.8 Å². The minimum atomic E-state index is 0.214. The quantitative estimate of drug-likeness (QED) is 0.631. The van der Waals surface area contributed by atoms with E-state index in [-0.39, 0.29) is 5.91 Å². The van der Waals surface area contributed by atoms with Crippen molar-refractivity contribution in [3.05, 3.63) is 40.4 Å². The molecule has 0 saturated carbocycles. The maximum absolute atomic E-state index is 12.8. The highest BCUT2D eigenvalue weighted by Gasteiger charge is 2.29. The van der Waals surface area contributed by atoms with Gasteiger partial charge in [-0.1, -0.05) is 18.0 Å². The molecule has 162 valence electrons. The van der Waals surface area contributed by atoms with Gasteiger partial charge in [0.15, 0.2) is 0 Å². The van der Waals surface area contributed by atoms with E-state index in [0.717, 1.165) is 66.9 Å². The summed E-state index contributed by atoms with van der Waals surface area (Å²) in [7, 11) is 0. The molecule has 0 bridgehead atoms. The van der Waals surface area contributed by atoms with Crippen LogP contribution in [0.3, 0.4) is 0 Å². The van der Waals surface area contributed by atoms with Gasteiger partial charge in [0.05, 0.1) is 6.61 Å². The highest BCUT2D eigenvalue weighted by atomic mass is 35.5. The summed E-state index contributed by atoms with van der Waals surface area (Å²) in [5.74, 6) is 3.53. The molecule has 1 aromatic carbocycles. The minimum Gasteiger partial charge on any atom is -0.494 e. The van der Waals surface area contributed by atoms with E-state index in [4.69, 9.17) is 16.3 Å². The Kier molecular flexibility index (Phi) is 6.93. The lowest BCUT2D eigenvalue weighted by atomic mass is 9.96. The molecule has 1 saturated heterocycles. The third-order valence-electron chi connectivity index (χ3n) is 6.21. The number of nitrogens with zero attached hydrogens (tertiary/aromatic N) is 4. The Morgan fingerprint density at radius 2 is 2.10 bits per heavy atom. The highest BCUT2D eigenvalue weighted by Crippen LogP contribution is 2.28. The topological polar surface area (TPSA) is 60.2 Å². The Bertz CT molecular complexity index is 882. The molecule has 7 heteroatoms. The van der Waals surface area contributed by atoms with Gasteiger partial charge < -0.3 is 14.2 Å². The summed E-state index contributed by atoms with van der Waals surface area (Å²) in [6.45, 7) is 5.10. The highest BCUT2D eigenvalue weighted by molar-refractivity contribution is 6.31. The molecule has 2 aliphatic heterocycles. The molecule has 1 amide bonds. The zero-order chi connectivity index (χ0) is 20.9. The van der Waals surface area contributed by atoms with Crippen LogP contribution < -0.4 is 4.74 Å². The number of rotatable bonds is 6. The Balaban J connectivity index is 1.27. The number of fused-ring (bicyclic) bond motifs is 1. The molecule has 0 radical (unpaired) electrons. The monoisotopic (exact) mass is 430 g/mol. The van der Waals surface area contributed by atoms with Crippen molar-refractivity contribution in [1.29, 1.82) is 0 Å². The second-order valence-electron chi connectivity index (χ2n) is 8.48. The molecule has 1 unspecified atom stereocenters. The van der Waals surface area contributed by atoms with Gasteiger partial charge in [0.2, 0.25) is 5.91 Å². The van der Waals surface area contributed by atoms with Crippen LogP contribution in [0.5, 0.6) is 5.75 Å². The molecule has 6 nitrogen and oxygen atoms in total. The van der Waals surface area contributed by atoms with Crippen molar-refractivity contribution >= 4 is 17.5 Å². The average Bonchev–Trinajstić information content (AvgIpc) is 3.02. The van der Waals surface area contributed by atoms with Crippen molar-refractivity contribution in [2.75, 3.05) is 19.7 Å². The summed E-state index contributed by atoms with van der Waals surface area (Å²) in [6.07, 6.45) is 8.01. The fourth-order valence-corrected chi connectivity index (χ4v) is 4.62. The molecule has 0 aliphatic carbocycles. The SMILES string of the molecule is Cc1cc(OCCCC(=O)N2CCCC(c3nnc4n3CCCCC4)C2)ccc1Cl. The summed E-state index contributed by atoms with van der Waals surface area (Å²) < 4.78 is 8.11. The average molecular weight is 431 g/mol. The normalized spacial score (nSPS) is 19.3. The molecule has 3 heterocycles. The number of likely N-dealkylation sites (tertiary alicyclic amines) is 1. The van der Waals surface area contributed by atoms with Crippen LogP contribution in [0, 0.1) is 6.92 Å². The number of hydrogen-bond acceptors (Lipinski definition) is 4. The number of ether oxygens (including phenoxy) is 1. The van der Waals surface area contributed by atoms with Gasteiger partial charge in [-0.15, -0.1) is 10.2 Å². The first-order chi connectivity index (χ1) is 14.6. The van der Waals surface area contributed by atoms with Gasteiger partial charge >= 0.3 is 0 Å². The second-order valence-corrected chi connectivity index (χ2v) is 8.89. The predicted molar refractivity (Wildman–Crippen MR) is 117 cm³/mol. The Labute approximate surface area is 183 Å². The molecule has 30 heavy (non-hydrogen) atoms. The molecule has 0 spiro atoms. The summed E-state index contributed by atoms with van der Waals surface area (Å²) in [6, 6.07) is 5.64. The largest absolute Gasteiger partial charge is 0.494 e. The lowest BCUT2D eigenvalue weighted by Crippen LogP contribution is -2.39. The predicted octanol–water partition coefficient (Wildman–Crippen LogP) is 4.53. The second kappa shape index (κ2) is 9.82. The van der Waals surface area contributed by atoms with Gasteiger partial charge in [0.25, 0.3) is 0 Å². The van der Waals surface area contributed by atoms with Gasteiger partial charge in [0, 0.05) is 43.4 Å². The maximum atomic E-state index is 12.8. The zero-order valence-corrected chi connectivity index (χ0v) is 18.5. The van der Waals surface area contributed by atoms with Crippen LogP contribution in [-0.2, 0) is 17.8 Å². The van der Waals surface area contributed by atoms with E-state index < -0.39 is 0 Å². The van der Waals surface area contributed by atoms with Crippen LogP contribution in [0.2, 0.25) is 5.02 Å². The van der Waals surface area contributed by atoms with Gasteiger partial charge in [-0.05, 0) is 62.8 Å². The zero-order valence-electron chi connectivity index (χ0n) is 17.8. The van der Waals surface area contributed by atoms with E-state index in [1.165, 1.54) is 19.3 Å². The van der Waals surface area contributed by atoms with Crippen molar-refractivity contribution in [2.24, 2.45) is 0 Å². The Morgan fingerprint density at radius 1 is 1.20 bits per heavy atom. The number of carbonyl (C=O) groups is 1. The van der Waals surface area contributed by atoms with Crippen molar-refractivity contribution in [3.8, 4) is 5.75 Å². The molecular weight excluding hydrogens is 400 g/mol. The number of carbonyl (C=O) groups excluding carboxylic acids is 1. The molecule has 1 fully saturated rings. The lowest BCUT2D eigenvalue weighted by molar-refractivity contribution is -0.132. The molecule has 4 rings (SSSR count). The summed E-state index contributed by atoms with van der Waals surface area (Å²) >= 11 is 6.05. The molecule has 1 atom stereocenters. The van der Waals surface area contributed by atoms with Crippen LogP contribution in [0.4, 0.5) is 0 Å². The van der Waals surface area contributed by atoms with E-state index in [0.29, 0.717) is 25.4 Å². The van der Waals surface area contributed by atoms with Gasteiger partial charge in [-0.3, -0.25) is 4.79 Å². The first-order valence-corrected chi connectivity index (χ1v) is 11.6. The lowest BCUT2D eigenvalue weighted by Gasteiger charge is -2.32. The Morgan fingerprint density at radius 3 is 2.97 bits per heavy atom. The maximum Gasteiger partial charge on any atom is 0.222 e. The smallest absolute Gasteiger partial charge is 0.222 e. The van der Waals surface area contributed by atoms with Crippen LogP contribution >= 0.6 is 11.6 Å². The number of halogens is 1. The van der Waals surface area contributed by atoms with Crippen LogP contribution in [0.25, 0.3) is 0 Å². The van der Waals surface area contributed by atoms with E-state index in [1.807, 2.05) is 30.0 Å². The summed E-state index contributed by atoms with van der Waals surface area (Å²) in [5, 5.41) is 9.71. The summed E-state index contributed by atoms with van der Waals surface area (Å²) in [5.41, 5.74) is 0.996. The van der Waals surface area contributed by atoms with Gasteiger partial charge in [-0.25, -0.2) is 0 Å². The first kappa shape index (κ1) is 21.2. The standard InChI is InChI=1S/C23H31ClN4O2/c1-17-15-19(10-11-20(17)24)30-14-6-9-22(29)27-12-5-7-18(16-27)23-26-25-21-8-3-2-4-13-28(21)23/h10-11,15,18H,2-9,12-14,16H2,1H3. The van der Waals surface area contributed by atoms with Crippen LogP contribution in [0.15, 0.2) is 18.2 Å². The number of aryl methyl sites for hydroxylation is 2. The fourth-order valence-electron chi connectivity index (χ4n) is 4.50. The van der Waals surface area contributed by atoms with Crippen molar-refractivity contribution < 1.29 is 9.53 Å². The number of benzene rings is 1. The molecule has 2 aromatic rings. The van der Waals surface area contributed by atoms with Gasteiger partial charge in [0.1, 0.15) is 17.4 Å². The van der Waals surface area contributed by atoms with E-state index >= 15 is 0 Å². The fraction of sp³-hybridized carbons (Fsp3) is 0.609. The van der Waals surface area contributed by atoms with E-state index in [1.54, 1.807) is 0 Å². The minimum absolute atomic E-state index is 0.214. The van der Waals surface area contributed by atoms with Crippen LogP contribution in [0.1, 0.15) is 68.1 Å². The number of aromatic nitrogens is 3. The summed E-state index contributed by atoms with van der Waals surface area (Å²) in [4.78, 5) is 14.8. The molecule has 1 aromatic heterocycles. The molecule has 0 N–H and O–H groups in total. The van der Waals surface area contributed by atoms with Crippen molar-refractivity contribution in [3.63, 3.8) is 0 Å². The van der Waals surface area contributed by atoms with Crippen LogP contribution in [-0.4, -0.2) is 45.3 Å². The number of hydrogen-bond donors (Lipinski definition) is 0. The molecular formula is C23H31ClN4O2. The Hall–Kier alpha value is -2.08. The van der Waals surface area contributed by atoms with E-state index in [2.05, 4.69) is 14.8 Å². The van der Waals surface area contributed by atoms with Crippen molar-refractivity contribution in [1.82, 2.24) is 19.7 Å². The third-order valence-corrected chi connectivity index (χ3v) is 6.63. The first-order valence-electron chi connectivity index (χ1n) is 11.2. The van der Waals surface area contributed by atoms with E-state index in [9.17, 15) is 4.79 Å². The number of amides is 1. The number of piperidine rings is 1. The third kappa shape index (κ3) is 4.97. The molecule has 2 aliphatic rings. The van der Waals surface area contributed by atoms with Gasteiger partial charge in [-0.2, -0.15) is 0 Å².